The van der Waals surface area contributed by atoms with Crippen LogP contribution >= 0.6 is 0 Å². The summed E-state index contributed by atoms with van der Waals surface area (Å²) in [6, 6.07) is 9.83. The molecular weight excluding hydrogens is 258 g/mol. The summed E-state index contributed by atoms with van der Waals surface area (Å²) < 4.78 is 0. The zero-order valence-corrected chi connectivity index (χ0v) is 12.7. The quantitative estimate of drug-likeness (QED) is 0.844. The third kappa shape index (κ3) is 2.78. The molecule has 0 spiro atoms. The summed E-state index contributed by atoms with van der Waals surface area (Å²) in [7, 11) is 0. The van der Waals surface area contributed by atoms with Gasteiger partial charge in [-0.1, -0.05) is 24.6 Å². The van der Waals surface area contributed by atoms with Gasteiger partial charge in [0.05, 0.1) is 0 Å². The lowest BCUT2D eigenvalue weighted by Crippen LogP contribution is -2.38. The number of carbonyl (C=O) groups is 1. The van der Waals surface area contributed by atoms with Crippen molar-refractivity contribution in [3.63, 3.8) is 0 Å². The van der Waals surface area contributed by atoms with Gasteiger partial charge >= 0.3 is 0 Å². The van der Waals surface area contributed by atoms with Gasteiger partial charge in [-0.2, -0.15) is 0 Å². The summed E-state index contributed by atoms with van der Waals surface area (Å²) >= 11 is 0. The van der Waals surface area contributed by atoms with E-state index in [1.165, 1.54) is 50.5 Å². The second-order valence-corrected chi connectivity index (χ2v) is 7.36. The molecule has 2 atom stereocenters. The number of nitrogens with one attached hydrogen (secondary N) is 1. The van der Waals surface area contributed by atoms with Crippen LogP contribution in [-0.4, -0.2) is 17.9 Å². The highest BCUT2D eigenvalue weighted by molar-refractivity contribution is 5.96. The Bertz CT molecular complexity index is 522. The molecule has 0 radical (unpaired) electrons. The van der Waals surface area contributed by atoms with Gasteiger partial charge in [-0.3, -0.25) is 4.79 Å². The molecule has 3 fully saturated rings. The van der Waals surface area contributed by atoms with Crippen LogP contribution in [0.25, 0.3) is 0 Å². The van der Waals surface area contributed by atoms with Gasteiger partial charge in [0.25, 0.3) is 0 Å². The summed E-state index contributed by atoms with van der Waals surface area (Å²) in [5.41, 5.74) is 2.34. The third-order valence-electron chi connectivity index (χ3n) is 5.83. The molecule has 0 aromatic heterocycles. The van der Waals surface area contributed by atoms with E-state index >= 15 is 0 Å². The smallest absolute Gasteiger partial charge is 0.163 e. The van der Waals surface area contributed by atoms with E-state index in [0.717, 1.165) is 12.0 Å². The van der Waals surface area contributed by atoms with Crippen molar-refractivity contribution in [2.75, 3.05) is 0 Å². The molecule has 2 heterocycles. The highest BCUT2D eigenvalue weighted by atomic mass is 16.1. The average Bonchev–Trinajstić information content (AvgIpc) is 2.76. The van der Waals surface area contributed by atoms with Crippen LogP contribution in [0.3, 0.4) is 0 Å². The van der Waals surface area contributed by atoms with E-state index in [9.17, 15) is 4.79 Å². The molecule has 3 aliphatic rings. The molecule has 112 valence electrons. The van der Waals surface area contributed by atoms with E-state index in [-0.39, 0.29) is 0 Å². The SMILES string of the molecule is O=C(CC1CC2CCC(C1)N2)c1cccc(C2CCC2)c1. The van der Waals surface area contributed by atoms with Crippen molar-refractivity contribution in [2.45, 2.75) is 69.4 Å². The lowest BCUT2D eigenvalue weighted by Gasteiger charge is -2.29. The van der Waals surface area contributed by atoms with Gasteiger partial charge in [-0.15, -0.1) is 0 Å². The Morgan fingerprint density at radius 3 is 2.52 bits per heavy atom. The Balaban J connectivity index is 1.42. The van der Waals surface area contributed by atoms with E-state index in [1.807, 2.05) is 6.07 Å². The van der Waals surface area contributed by atoms with Crippen molar-refractivity contribution >= 4 is 5.78 Å². The van der Waals surface area contributed by atoms with Gasteiger partial charge in [0.15, 0.2) is 5.78 Å². The Morgan fingerprint density at radius 1 is 1.10 bits per heavy atom. The molecule has 2 heteroatoms. The number of rotatable bonds is 4. The molecule has 1 aromatic carbocycles. The summed E-state index contributed by atoms with van der Waals surface area (Å²) in [6.45, 7) is 0. The molecule has 4 rings (SSSR count). The Labute approximate surface area is 127 Å². The molecular formula is C19H25NO. The maximum atomic E-state index is 12.6. The fourth-order valence-corrected chi connectivity index (χ4v) is 4.43. The Hall–Kier alpha value is -1.15. The maximum Gasteiger partial charge on any atom is 0.163 e. The Kier molecular flexibility index (Phi) is 3.58. The highest BCUT2D eigenvalue weighted by Crippen LogP contribution is 2.37. The molecule has 1 aromatic rings. The predicted octanol–water partition coefficient (Wildman–Crippen LogP) is 4.06. The van der Waals surface area contributed by atoms with Crippen LogP contribution in [0.1, 0.15) is 73.2 Å². The summed E-state index contributed by atoms with van der Waals surface area (Å²) in [5.74, 6) is 1.68. The molecule has 1 aliphatic carbocycles. The second-order valence-electron chi connectivity index (χ2n) is 7.36. The topological polar surface area (TPSA) is 29.1 Å². The standard InChI is InChI=1S/C19H25NO/c21-19(11-13-9-17-7-8-18(10-13)20-17)16-6-2-5-15(12-16)14-3-1-4-14/h2,5-6,12-14,17-18,20H,1,3-4,7-11H2. The van der Waals surface area contributed by atoms with E-state index < -0.39 is 0 Å². The molecule has 2 aliphatic heterocycles. The van der Waals surface area contributed by atoms with Crippen molar-refractivity contribution in [3.05, 3.63) is 35.4 Å². The minimum absolute atomic E-state index is 0.363. The van der Waals surface area contributed by atoms with Crippen molar-refractivity contribution < 1.29 is 4.79 Å². The fraction of sp³-hybridized carbons (Fsp3) is 0.632. The third-order valence-corrected chi connectivity index (χ3v) is 5.83. The minimum Gasteiger partial charge on any atom is -0.311 e. The molecule has 2 bridgehead atoms. The van der Waals surface area contributed by atoms with Crippen LogP contribution in [0.15, 0.2) is 24.3 Å². The van der Waals surface area contributed by atoms with Gasteiger partial charge in [0.1, 0.15) is 0 Å². The van der Waals surface area contributed by atoms with Crippen LogP contribution in [0.5, 0.6) is 0 Å². The monoisotopic (exact) mass is 283 g/mol. The molecule has 1 N–H and O–H groups in total. The lowest BCUT2D eigenvalue weighted by atomic mass is 9.79. The number of Topliss-reactive ketones (excluding diaryl/α,β-unsaturated/α-hetero) is 1. The number of carbonyl (C=O) groups excluding carboxylic acids is 1. The van der Waals surface area contributed by atoms with Gasteiger partial charge in [-0.05, 0) is 62.0 Å². The van der Waals surface area contributed by atoms with Crippen LogP contribution in [0, 0.1) is 5.92 Å². The van der Waals surface area contributed by atoms with Crippen molar-refractivity contribution in [1.29, 1.82) is 0 Å². The van der Waals surface area contributed by atoms with Crippen LogP contribution in [-0.2, 0) is 0 Å². The molecule has 1 saturated carbocycles. The van der Waals surface area contributed by atoms with Gasteiger partial charge in [0.2, 0.25) is 0 Å². The van der Waals surface area contributed by atoms with E-state index in [4.69, 9.17) is 0 Å². The zero-order valence-electron chi connectivity index (χ0n) is 12.7. The van der Waals surface area contributed by atoms with Crippen molar-refractivity contribution in [1.82, 2.24) is 5.32 Å². The van der Waals surface area contributed by atoms with Gasteiger partial charge in [-0.25, -0.2) is 0 Å². The van der Waals surface area contributed by atoms with Crippen molar-refractivity contribution in [3.8, 4) is 0 Å². The number of ketones is 1. The van der Waals surface area contributed by atoms with Crippen molar-refractivity contribution in [2.24, 2.45) is 5.92 Å². The number of benzene rings is 1. The highest BCUT2D eigenvalue weighted by Gasteiger charge is 2.34. The van der Waals surface area contributed by atoms with E-state index in [1.54, 1.807) is 0 Å². The molecule has 0 amide bonds. The van der Waals surface area contributed by atoms with E-state index in [0.29, 0.717) is 29.7 Å². The predicted molar refractivity (Wildman–Crippen MR) is 84.7 cm³/mol. The number of hydrogen-bond acceptors (Lipinski definition) is 2. The van der Waals surface area contributed by atoms with Crippen LogP contribution in [0.2, 0.25) is 0 Å². The minimum atomic E-state index is 0.363. The van der Waals surface area contributed by atoms with Gasteiger partial charge in [0, 0.05) is 24.1 Å². The molecule has 21 heavy (non-hydrogen) atoms. The lowest BCUT2D eigenvalue weighted by molar-refractivity contribution is 0.0945. The summed E-state index contributed by atoms with van der Waals surface area (Å²) in [5, 5.41) is 3.66. The molecule has 2 nitrogen and oxygen atoms in total. The molecule has 2 saturated heterocycles. The van der Waals surface area contributed by atoms with Gasteiger partial charge < -0.3 is 5.32 Å². The first-order valence-corrected chi connectivity index (χ1v) is 8.67. The second kappa shape index (κ2) is 5.57. The fourth-order valence-electron chi connectivity index (χ4n) is 4.43. The van der Waals surface area contributed by atoms with E-state index in [2.05, 4.69) is 23.5 Å². The van der Waals surface area contributed by atoms with Crippen LogP contribution < -0.4 is 5.32 Å². The Morgan fingerprint density at radius 2 is 1.86 bits per heavy atom. The maximum absolute atomic E-state index is 12.6. The first-order valence-electron chi connectivity index (χ1n) is 8.67. The number of piperidine rings is 1. The average molecular weight is 283 g/mol. The summed E-state index contributed by atoms with van der Waals surface area (Å²) in [4.78, 5) is 12.6. The molecule has 2 unspecified atom stereocenters. The first kappa shape index (κ1) is 13.5. The number of hydrogen-bond donors (Lipinski definition) is 1. The largest absolute Gasteiger partial charge is 0.311 e. The zero-order chi connectivity index (χ0) is 14.2. The summed E-state index contributed by atoms with van der Waals surface area (Å²) in [6.07, 6.45) is 9.72. The van der Waals surface area contributed by atoms with Crippen LogP contribution in [0.4, 0.5) is 0 Å². The first-order chi connectivity index (χ1) is 10.3. The normalized spacial score (nSPS) is 31.9. The number of fused-ring (bicyclic) bond motifs is 2.